The van der Waals surface area contributed by atoms with Gasteiger partial charge in [-0.15, -0.1) is 0 Å². The maximum absolute atomic E-state index is 10.5. The van der Waals surface area contributed by atoms with Gasteiger partial charge in [0, 0.05) is 49.2 Å². The number of rotatable bonds is 14. The van der Waals surface area contributed by atoms with Crippen molar-refractivity contribution in [1.29, 1.82) is 0 Å². The molecule has 262 valence electrons. The number of imide groups is 1. The second-order valence-electron chi connectivity index (χ2n) is 10.7. The van der Waals surface area contributed by atoms with E-state index in [9.17, 15) is 19.8 Å². The Kier molecular flexibility index (Phi) is 17.7. The van der Waals surface area contributed by atoms with Crippen LogP contribution in [0.3, 0.4) is 0 Å². The Balaban J connectivity index is 0.000000629. The number of carbonyl (C=O) groups is 2. The third-order valence-corrected chi connectivity index (χ3v) is 7.30. The average Bonchev–Trinajstić information content (AvgIpc) is 3.67. The summed E-state index contributed by atoms with van der Waals surface area (Å²) < 4.78 is 7.82. The number of fused-ring (bicyclic) bond motifs is 3. The molecule has 0 fully saturated rings. The van der Waals surface area contributed by atoms with Gasteiger partial charge >= 0.3 is 0 Å². The lowest BCUT2D eigenvalue weighted by molar-refractivity contribution is -0.123. The minimum absolute atomic E-state index is 0.112. The molecule has 4 aromatic rings. The molecule has 6 N–H and O–H groups in total. The topological polar surface area (TPSA) is 165 Å². The molecule has 0 spiro atoms. The van der Waals surface area contributed by atoms with Crippen molar-refractivity contribution in [2.45, 2.75) is 93.2 Å². The lowest BCUT2D eigenvalue weighted by Gasteiger charge is -2.13. The van der Waals surface area contributed by atoms with Gasteiger partial charge in [-0.25, -0.2) is 9.97 Å². The van der Waals surface area contributed by atoms with Crippen LogP contribution >= 0.6 is 0 Å². The minimum atomic E-state index is -0.329. The van der Waals surface area contributed by atoms with Gasteiger partial charge in [0.15, 0.2) is 17.3 Å². The number of nitrogens with zero attached hydrogens (tertiary/aromatic N) is 3. The molecule has 0 atom stereocenters. The zero-order chi connectivity index (χ0) is 35.5. The molecule has 0 bridgehead atoms. The van der Waals surface area contributed by atoms with Crippen molar-refractivity contribution in [3.8, 4) is 11.5 Å². The summed E-state index contributed by atoms with van der Waals surface area (Å²) in [5, 5.41) is 27.0. The number of nitrogens with one attached hydrogen (secondary N) is 2. The number of hydrogen-bond acceptors (Lipinski definition) is 9. The summed E-state index contributed by atoms with van der Waals surface area (Å²) in [6, 6.07) is 11.2. The highest BCUT2D eigenvalue weighted by atomic mass is 16.5. The van der Waals surface area contributed by atoms with Gasteiger partial charge in [-0.05, 0) is 36.6 Å². The number of ether oxygens (including phenoxy) is 1. The first-order valence-corrected chi connectivity index (χ1v) is 17.2. The van der Waals surface area contributed by atoms with Gasteiger partial charge in [-0.2, -0.15) is 0 Å². The van der Waals surface area contributed by atoms with E-state index in [0.717, 1.165) is 66.6 Å². The first kappa shape index (κ1) is 39.7. The number of nitrogens with two attached hydrogens (primary N) is 1. The summed E-state index contributed by atoms with van der Waals surface area (Å²) >= 11 is 0. The number of hydrogen-bond donors (Lipinski definition) is 5. The Morgan fingerprint density at radius 2 is 1.62 bits per heavy atom. The molecule has 1 aliphatic heterocycles. The van der Waals surface area contributed by atoms with Gasteiger partial charge in [0.2, 0.25) is 0 Å². The summed E-state index contributed by atoms with van der Waals surface area (Å²) in [6.07, 6.45) is 8.71. The molecule has 48 heavy (non-hydrogen) atoms. The van der Waals surface area contributed by atoms with E-state index in [1.807, 2.05) is 45.1 Å². The zero-order valence-corrected chi connectivity index (χ0v) is 29.4. The normalized spacial score (nSPS) is 11.8. The molecule has 2 amide bonds. The molecule has 2 aromatic carbocycles. The van der Waals surface area contributed by atoms with Crippen LogP contribution in [0.2, 0.25) is 0 Å². The van der Waals surface area contributed by atoms with Crippen LogP contribution in [0.15, 0.2) is 48.6 Å². The fourth-order valence-electron chi connectivity index (χ4n) is 4.98. The van der Waals surface area contributed by atoms with E-state index in [1.165, 1.54) is 31.1 Å². The van der Waals surface area contributed by atoms with E-state index in [2.05, 4.69) is 40.8 Å². The Bertz CT molecular complexity index is 1620. The largest absolute Gasteiger partial charge is 0.504 e. The van der Waals surface area contributed by atoms with Crippen molar-refractivity contribution in [2.75, 3.05) is 25.5 Å². The van der Waals surface area contributed by atoms with E-state index in [-0.39, 0.29) is 23.3 Å². The number of anilines is 1. The number of aromatic nitrogens is 3. The van der Waals surface area contributed by atoms with E-state index < -0.39 is 0 Å². The van der Waals surface area contributed by atoms with Gasteiger partial charge in [-0.3, -0.25) is 14.9 Å². The summed E-state index contributed by atoms with van der Waals surface area (Å²) in [5.74, 6) is 0.384. The summed E-state index contributed by atoms with van der Waals surface area (Å²) in [5.41, 5.74) is 10.5. The maximum Gasteiger partial charge on any atom is 0.250 e. The summed E-state index contributed by atoms with van der Waals surface area (Å²) in [4.78, 5) is 29.6. The smallest absolute Gasteiger partial charge is 0.250 e. The molecule has 0 saturated carbocycles. The fourth-order valence-corrected chi connectivity index (χ4v) is 4.98. The lowest BCUT2D eigenvalue weighted by Crippen LogP contribution is -2.19. The number of benzene rings is 2. The number of amides is 2. The Labute approximate surface area is 284 Å². The number of imidazole rings is 1. The van der Waals surface area contributed by atoms with Crippen LogP contribution in [0.25, 0.3) is 21.9 Å². The molecule has 3 heterocycles. The molecule has 1 aliphatic rings. The van der Waals surface area contributed by atoms with Gasteiger partial charge in [0.1, 0.15) is 11.3 Å². The summed E-state index contributed by atoms with van der Waals surface area (Å²) in [6.45, 7) is 15.7. The van der Waals surface area contributed by atoms with Crippen LogP contribution < -0.4 is 16.4 Å². The van der Waals surface area contributed by atoms with E-state index in [4.69, 9.17) is 15.5 Å². The standard InChI is InChI=1S/C29H39N5O3.C4H3NO2.2C2H6/c1-3-5-7-15-37-16-14-31-18-20-12-13-23-22(17-20)27-26(29(30)32-23)33-25(11-6-4-2)34(27)19-21-9-8-10-24(35)28(21)36;6-3-1-2-4(7)5-3;2*1-2/h8-10,12-13,17,31,35-36H,3-7,11,14-16,18-19H2,1-2H3,(H2,30,32);1-2H,(H,5,6,7);2*1-2H3. The molecule has 11 nitrogen and oxygen atoms in total. The number of aromatic hydroxyl groups is 2. The maximum atomic E-state index is 10.5. The molecule has 11 heteroatoms. The molecule has 0 saturated heterocycles. The highest BCUT2D eigenvalue weighted by Gasteiger charge is 2.19. The molecule has 2 aromatic heterocycles. The van der Waals surface area contributed by atoms with Crippen molar-refractivity contribution in [3.05, 3.63) is 65.5 Å². The van der Waals surface area contributed by atoms with Crippen molar-refractivity contribution < 1.29 is 24.5 Å². The number of phenolic OH excluding ortho intramolecular Hbond substituents is 2. The lowest BCUT2D eigenvalue weighted by atomic mass is 10.1. The van der Waals surface area contributed by atoms with Crippen molar-refractivity contribution in [1.82, 2.24) is 25.2 Å². The van der Waals surface area contributed by atoms with E-state index in [0.29, 0.717) is 36.6 Å². The van der Waals surface area contributed by atoms with Crippen LogP contribution in [-0.4, -0.2) is 56.3 Å². The molecule has 5 rings (SSSR count). The highest BCUT2D eigenvalue weighted by molar-refractivity contribution is 6.12. The second-order valence-corrected chi connectivity index (χ2v) is 10.7. The minimum Gasteiger partial charge on any atom is -0.504 e. The Morgan fingerprint density at radius 1 is 0.917 bits per heavy atom. The molecule has 0 radical (unpaired) electrons. The predicted octanol–water partition coefficient (Wildman–Crippen LogP) is 6.52. The van der Waals surface area contributed by atoms with Gasteiger partial charge in [-0.1, -0.05) is 79.0 Å². The van der Waals surface area contributed by atoms with Crippen LogP contribution in [0.5, 0.6) is 11.5 Å². The quantitative estimate of drug-likeness (QED) is 0.0575. The Hall–Kier alpha value is -4.48. The number of carbonyl (C=O) groups excluding carboxylic acids is 2. The van der Waals surface area contributed by atoms with E-state index >= 15 is 0 Å². The van der Waals surface area contributed by atoms with Crippen LogP contribution in [-0.2, 0) is 33.8 Å². The van der Waals surface area contributed by atoms with Gasteiger partial charge < -0.3 is 30.6 Å². The van der Waals surface area contributed by atoms with Crippen molar-refractivity contribution in [2.24, 2.45) is 0 Å². The average molecular weight is 663 g/mol. The Morgan fingerprint density at radius 3 is 2.27 bits per heavy atom. The SMILES string of the molecule is CC.CC.CCCCCOCCNCc1ccc2nc(N)c3nc(CCCC)n(Cc4cccc(O)c4O)c3c2c1.O=C1C=CC(=O)N1. The molecular weight excluding hydrogens is 608 g/mol. The molecular formula is C37H54N6O5. The summed E-state index contributed by atoms with van der Waals surface area (Å²) in [7, 11) is 0. The van der Waals surface area contributed by atoms with Crippen LogP contribution in [0.1, 0.15) is 90.6 Å². The van der Waals surface area contributed by atoms with Crippen molar-refractivity contribution >= 4 is 39.6 Å². The number of nitrogen functional groups attached to an aromatic ring is 1. The van der Waals surface area contributed by atoms with Crippen LogP contribution in [0.4, 0.5) is 5.82 Å². The van der Waals surface area contributed by atoms with Crippen molar-refractivity contribution in [3.63, 3.8) is 0 Å². The molecule has 0 unspecified atom stereocenters. The first-order valence-electron chi connectivity index (χ1n) is 17.2. The van der Waals surface area contributed by atoms with E-state index in [1.54, 1.807) is 6.07 Å². The van der Waals surface area contributed by atoms with Gasteiger partial charge in [0.25, 0.3) is 11.8 Å². The van der Waals surface area contributed by atoms with Gasteiger partial charge in [0.05, 0.1) is 24.2 Å². The highest BCUT2D eigenvalue weighted by Crippen LogP contribution is 2.34. The second kappa shape index (κ2) is 21.4. The number of unbranched alkanes of at least 4 members (excludes halogenated alkanes) is 3. The first-order chi connectivity index (χ1) is 23.3. The monoisotopic (exact) mass is 662 g/mol. The number of phenols is 2. The third-order valence-electron chi connectivity index (χ3n) is 7.30. The number of pyridine rings is 1. The van der Waals surface area contributed by atoms with Crippen LogP contribution in [0, 0.1) is 0 Å². The zero-order valence-electron chi connectivity index (χ0n) is 29.4. The molecule has 0 aliphatic carbocycles. The number of aryl methyl sites for hydroxylation is 1. The third kappa shape index (κ3) is 11.3. The fraction of sp³-hybridized carbons (Fsp3) is 0.459. The number of para-hydroxylation sites is 1. The predicted molar refractivity (Wildman–Crippen MR) is 194 cm³/mol.